The summed E-state index contributed by atoms with van der Waals surface area (Å²) >= 11 is 12.5. The second kappa shape index (κ2) is 6.96. The second-order valence-corrected chi connectivity index (χ2v) is 13.1. The lowest BCUT2D eigenvalue weighted by Gasteiger charge is -2.38. The van der Waals surface area contributed by atoms with Gasteiger partial charge in [0.15, 0.2) is 8.32 Å². The number of thiocarbonyl (C=S) groups is 1. The minimum Gasteiger partial charge on any atom is -0.478 e. The summed E-state index contributed by atoms with van der Waals surface area (Å²) in [5.41, 5.74) is 0.0496. The summed E-state index contributed by atoms with van der Waals surface area (Å²) in [6, 6.07) is 0. The summed E-state index contributed by atoms with van der Waals surface area (Å²) in [5, 5.41) is 14.5. The normalized spacial score (nSPS) is 13.8. The van der Waals surface area contributed by atoms with Gasteiger partial charge < -0.3 is 14.8 Å². The molecule has 0 saturated carbocycles. The molecule has 2 N–H and O–H groups in total. The van der Waals surface area contributed by atoms with Crippen molar-refractivity contribution in [3.05, 3.63) is 16.0 Å². The Bertz CT molecular complexity index is 581. The van der Waals surface area contributed by atoms with Crippen molar-refractivity contribution in [3.8, 4) is 0 Å². The number of hydrogen-bond donors (Lipinski definition) is 2. The molecule has 1 rings (SSSR count). The highest BCUT2D eigenvalue weighted by atomic mass is 35.5. The van der Waals surface area contributed by atoms with E-state index in [2.05, 4.69) is 39.2 Å². The van der Waals surface area contributed by atoms with Gasteiger partial charge in [0.2, 0.25) is 0 Å². The smallest absolute Gasteiger partial charge is 0.340 e. The van der Waals surface area contributed by atoms with Gasteiger partial charge in [0, 0.05) is 5.38 Å². The molecule has 22 heavy (non-hydrogen) atoms. The highest BCUT2D eigenvalue weighted by molar-refractivity contribution is 7.80. The zero-order valence-corrected chi connectivity index (χ0v) is 17.0. The van der Waals surface area contributed by atoms with Gasteiger partial charge in [-0.2, -0.15) is 0 Å². The molecule has 0 saturated heterocycles. The van der Waals surface area contributed by atoms with E-state index >= 15 is 0 Å². The molecule has 0 amide bonds. The molecule has 0 fully saturated rings. The Morgan fingerprint density at radius 2 is 2.05 bits per heavy atom. The number of halogens is 1. The van der Waals surface area contributed by atoms with Crippen LogP contribution in [0.2, 0.25) is 23.2 Å². The van der Waals surface area contributed by atoms with E-state index in [0.717, 1.165) is 0 Å². The molecule has 4 nitrogen and oxygen atoms in total. The van der Waals surface area contributed by atoms with Crippen molar-refractivity contribution in [2.45, 2.75) is 51.9 Å². The molecule has 1 unspecified atom stereocenters. The van der Waals surface area contributed by atoms with Crippen molar-refractivity contribution >= 4 is 59.4 Å². The first-order valence-electron chi connectivity index (χ1n) is 6.86. The van der Waals surface area contributed by atoms with Crippen LogP contribution < -0.4 is 5.32 Å². The Kier molecular flexibility index (Phi) is 6.20. The third-order valence-corrected chi connectivity index (χ3v) is 10.2. The molecule has 1 aromatic heterocycles. The van der Waals surface area contributed by atoms with Crippen molar-refractivity contribution in [1.82, 2.24) is 0 Å². The summed E-state index contributed by atoms with van der Waals surface area (Å²) < 4.78 is 6.20. The van der Waals surface area contributed by atoms with Gasteiger partial charge in [0.1, 0.15) is 15.6 Å². The highest BCUT2D eigenvalue weighted by Crippen LogP contribution is 2.38. The molecular weight excluding hydrogens is 358 g/mol. The summed E-state index contributed by atoms with van der Waals surface area (Å²) in [7, 11) is -1.94. The third kappa shape index (κ3) is 4.52. The van der Waals surface area contributed by atoms with Gasteiger partial charge in [0.25, 0.3) is 0 Å². The molecule has 0 aromatic carbocycles. The van der Waals surface area contributed by atoms with Gasteiger partial charge in [-0.25, -0.2) is 4.79 Å². The molecule has 124 valence electrons. The fraction of sp³-hybridized carbons (Fsp3) is 0.571. The number of nitrogens with one attached hydrogen (secondary N) is 1. The Balaban J connectivity index is 2.84. The highest BCUT2D eigenvalue weighted by Gasteiger charge is 2.39. The van der Waals surface area contributed by atoms with Gasteiger partial charge in [-0.05, 0) is 25.1 Å². The van der Waals surface area contributed by atoms with Gasteiger partial charge in [-0.1, -0.05) is 44.6 Å². The van der Waals surface area contributed by atoms with Crippen LogP contribution in [0.15, 0.2) is 5.38 Å². The molecule has 8 heteroatoms. The largest absolute Gasteiger partial charge is 0.478 e. The lowest BCUT2D eigenvalue weighted by atomic mass is 10.2. The van der Waals surface area contributed by atoms with E-state index in [1.165, 1.54) is 11.3 Å². The average Bonchev–Trinajstić information content (AvgIpc) is 2.68. The molecule has 1 heterocycles. The first-order valence-corrected chi connectivity index (χ1v) is 11.4. The monoisotopic (exact) mass is 379 g/mol. The number of aromatic carboxylic acids is 1. The molecule has 0 aliphatic heterocycles. The van der Waals surface area contributed by atoms with Crippen LogP contribution in [0.1, 0.15) is 38.1 Å². The van der Waals surface area contributed by atoms with E-state index in [9.17, 15) is 9.90 Å². The Hall–Kier alpha value is -0.473. The van der Waals surface area contributed by atoms with Crippen LogP contribution in [0.5, 0.6) is 0 Å². The van der Waals surface area contributed by atoms with Crippen LogP contribution >= 0.6 is 35.2 Å². The lowest BCUT2D eigenvalue weighted by Crippen LogP contribution is -2.45. The fourth-order valence-electron chi connectivity index (χ4n) is 1.51. The van der Waals surface area contributed by atoms with Crippen molar-refractivity contribution in [1.29, 1.82) is 0 Å². The third-order valence-electron chi connectivity index (χ3n) is 3.84. The van der Waals surface area contributed by atoms with Crippen LogP contribution in [0.3, 0.4) is 0 Å². The van der Waals surface area contributed by atoms with E-state index < -0.39 is 14.3 Å². The molecule has 0 bridgehead atoms. The van der Waals surface area contributed by atoms with Gasteiger partial charge >= 0.3 is 5.97 Å². The van der Waals surface area contributed by atoms with E-state index in [1.807, 2.05) is 6.92 Å². The van der Waals surface area contributed by atoms with Crippen molar-refractivity contribution in [2.24, 2.45) is 0 Å². The number of carboxylic acids is 1. The molecule has 1 atom stereocenters. The maximum atomic E-state index is 11.2. The summed E-state index contributed by atoms with van der Waals surface area (Å²) in [6.45, 7) is 12.6. The maximum absolute atomic E-state index is 11.2. The number of carbonyl (C=O) groups is 1. The Morgan fingerprint density at radius 1 is 1.50 bits per heavy atom. The summed E-state index contributed by atoms with van der Waals surface area (Å²) in [4.78, 5) is 11.7. The van der Waals surface area contributed by atoms with Crippen molar-refractivity contribution < 1.29 is 14.3 Å². The predicted octanol–water partition coefficient (Wildman–Crippen LogP) is 5.25. The van der Waals surface area contributed by atoms with E-state index in [0.29, 0.717) is 9.99 Å². The summed E-state index contributed by atoms with van der Waals surface area (Å²) in [6.07, 6.45) is -0.293. The molecule has 0 spiro atoms. The zero-order valence-electron chi connectivity index (χ0n) is 13.6. The SMILES string of the molecule is CC(O[Si](C)(C)C(C)(C)C)C(=S)Nc1scc(Cl)c1C(=O)O. The second-order valence-electron chi connectivity index (χ2n) is 6.60. The minimum atomic E-state index is -1.94. The number of thiophene rings is 1. The number of hydrogen-bond acceptors (Lipinski definition) is 4. The van der Waals surface area contributed by atoms with E-state index in [1.54, 1.807) is 5.38 Å². The maximum Gasteiger partial charge on any atom is 0.340 e. The van der Waals surface area contributed by atoms with Crippen LogP contribution in [0.25, 0.3) is 0 Å². The lowest BCUT2D eigenvalue weighted by molar-refractivity contribution is 0.0698. The average molecular weight is 380 g/mol. The molecule has 0 aliphatic carbocycles. The number of carboxylic acid groups (broad SMARTS) is 1. The van der Waals surface area contributed by atoms with Crippen LogP contribution in [0, 0.1) is 0 Å². The van der Waals surface area contributed by atoms with Crippen molar-refractivity contribution in [3.63, 3.8) is 0 Å². The summed E-state index contributed by atoms with van der Waals surface area (Å²) in [5.74, 6) is -1.07. The minimum absolute atomic E-state index is 0.0496. The first-order chi connectivity index (χ1) is 9.86. The molecule has 1 aromatic rings. The topological polar surface area (TPSA) is 58.6 Å². The zero-order chi connectivity index (χ0) is 17.3. The van der Waals surface area contributed by atoms with Crippen LogP contribution in [0.4, 0.5) is 5.00 Å². The van der Waals surface area contributed by atoms with Gasteiger partial charge in [-0.3, -0.25) is 0 Å². The standard InChI is InChI=1S/C14H22ClNO3S2Si/c1-8(19-22(5,6)14(2,3)4)11(20)16-12-10(13(17)18)9(15)7-21-12/h7-8H,1-6H3,(H,16,20)(H,17,18). The van der Waals surface area contributed by atoms with Crippen LogP contribution in [-0.4, -0.2) is 30.5 Å². The number of rotatable bonds is 5. The van der Waals surface area contributed by atoms with Crippen LogP contribution in [-0.2, 0) is 4.43 Å². The molecule has 0 radical (unpaired) electrons. The van der Waals surface area contributed by atoms with Crippen molar-refractivity contribution in [2.75, 3.05) is 5.32 Å². The predicted molar refractivity (Wildman–Crippen MR) is 100 cm³/mol. The Labute approximate surface area is 147 Å². The van der Waals surface area contributed by atoms with Gasteiger partial charge in [-0.15, -0.1) is 11.3 Å². The molecular formula is C14H22ClNO3S2Si. The quantitative estimate of drug-likeness (QED) is 0.540. The van der Waals surface area contributed by atoms with Gasteiger partial charge in [0.05, 0.1) is 11.1 Å². The number of anilines is 1. The molecule has 0 aliphatic rings. The fourth-order valence-corrected chi connectivity index (χ4v) is 4.36. The van der Waals surface area contributed by atoms with E-state index in [-0.39, 0.29) is 21.7 Å². The Morgan fingerprint density at radius 3 is 2.50 bits per heavy atom. The first kappa shape index (κ1) is 19.6. The van der Waals surface area contributed by atoms with E-state index in [4.69, 9.17) is 28.2 Å².